The van der Waals surface area contributed by atoms with Crippen LogP contribution >= 0.6 is 0 Å². The minimum Gasteiger partial charge on any atom is -0.447 e. The fourth-order valence-electron chi connectivity index (χ4n) is 6.60. The average Bonchev–Trinajstić information content (AvgIpc) is 3.57. The number of hydrazine groups is 1. The van der Waals surface area contributed by atoms with Gasteiger partial charge < -0.3 is 14.2 Å². The van der Waals surface area contributed by atoms with Crippen molar-refractivity contribution in [1.29, 1.82) is 0 Å². The van der Waals surface area contributed by atoms with E-state index in [4.69, 9.17) is 14.2 Å². The molecule has 0 aromatic heterocycles. The van der Waals surface area contributed by atoms with Crippen molar-refractivity contribution in [1.82, 2.24) is 15.3 Å². The largest absolute Gasteiger partial charge is 0.447 e. The van der Waals surface area contributed by atoms with E-state index in [1.807, 2.05) is 42.5 Å². The molecule has 296 valence electrons. The number of Topliss-reactive ketones (excluding diaryl/α,β-unsaturated/α-hetero) is 1. The van der Waals surface area contributed by atoms with E-state index in [1.54, 1.807) is 48.5 Å². The van der Waals surface area contributed by atoms with E-state index < -0.39 is 42.1 Å². The molecule has 0 bridgehead atoms. The van der Waals surface area contributed by atoms with E-state index >= 15 is 0 Å². The Labute approximate surface area is 325 Å². The Morgan fingerprint density at radius 3 is 1.69 bits per heavy atom. The van der Waals surface area contributed by atoms with Crippen LogP contribution in [-0.2, 0) is 43.4 Å². The van der Waals surface area contributed by atoms with Gasteiger partial charge in [0.2, 0.25) is 0 Å². The summed E-state index contributed by atoms with van der Waals surface area (Å²) in [6, 6.07) is 24.4. The zero-order valence-corrected chi connectivity index (χ0v) is 32.2. The molecule has 1 aliphatic rings. The highest BCUT2D eigenvalue weighted by atomic mass is 16.6. The predicted octanol–water partition coefficient (Wildman–Crippen LogP) is 9.48. The van der Waals surface area contributed by atoms with Crippen LogP contribution in [0.2, 0.25) is 0 Å². The summed E-state index contributed by atoms with van der Waals surface area (Å²) in [4.78, 5) is 69.7. The summed E-state index contributed by atoms with van der Waals surface area (Å²) in [5.74, 6) is -1.64. The van der Waals surface area contributed by atoms with E-state index in [0.29, 0.717) is 22.6 Å². The van der Waals surface area contributed by atoms with Crippen LogP contribution in [0.5, 0.6) is 0 Å². The van der Waals surface area contributed by atoms with Gasteiger partial charge in [0.25, 0.3) is 5.91 Å². The summed E-state index contributed by atoms with van der Waals surface area (Å²) in [5, 5.41) is 0.564. The van der Waals surface area contributed by atoms with Crippen molar-refractivity contribution in [3.63, 3.8) is 0 Å². The van der Waals surface area contributed by atoms with E-state index in [-0.39, 0.29) is 32.7 Å². The third kappa shape index (κ3) is 14.9. The molecule has 55 heavy (non-hydrogen) atoms. The maximum Gasteiger partial charge on any atom is 0.430 e. The second-order valence-corrected chi connectivity index (χ2v) is 14.1. The number of ketones is 1. The number of cyclic esters (lactones) is 1. The van der Waals surface area contributed by atoms with Gasteiger partial charge in [-0.1, -0.05) is 175 Å². The zero-order valence-electron chi connectivity index (χ0n) is 32.2. The summed E-state index contributed by atoms with van der Waals surface area (Å²) in [7, 11) is 0. The molecule has 11 heteroatoms. The molecule has 1 saturated heterocycles. The van der Waals surface area contributed by atoms with Crippen LogP contribution in [0.15, 0.2) is 91.0 Å². The highest BCUT2D eigenvalue weighted by Crippen LogP contribution is 2.22. The topological polar surface area (TPSA) is 132 Å². The minimum atomic E-state index is -1.92. The molecule has 4 rings (SSSR count). The van der Waals surface area contributed by atoms with Gasteiger partial charge in [0.15, 0.2) is 11.8 Å². The summed E-state index contributed by atoms with van der Waals surface area (Å²) < 4.78 is 16.2. The lowest BCUT2D eigenvalue weighted by molar-refractivity contribution is -0.142. The van der Waals surface area contributed by atoms with Crippen LogP contribution in [0.4, 0.5) is 14.4 Å². The Hall–Kier alpha value is -5.19. The molecule has 11 nitrogen and oxygen atoms in total. The SMILES string of the molecule is CCCCCCCCCCCCCCCC(=O)[C@H](C(=O)N1C(=O)OC[C@@H]1Cc1ccccc1)N(NC(=O)OCc1ccccc1)C(=O)OCc1ccccc1. The molecule has 0 radical (unpaired) electrons. The summed E-state index contributed by atoms with van der Waals surface area (Å²) >= 11 is 0. The first-order valence-corrected chi connectivity index (χ1v) is 19.9. The Kier molecular flexibility index (Phi) is 18.8. The molecule has 1 heterocycles. The third-order valence-electron chi connectivity index (χ3n) is 9.66. The molecule has 3 aromatic rings. The number of rotatable bonds is 23. The van der Waals surface area contributed by atoms with Gasteiger partial charge in [0.05, 0.1) is 6.04 Å². The third-order valence-corrected chi connectivity index (χ3v) is 9.66. The number of benzene rings is 3. The molecule has 1 N–H and O–H groups in total. The molecule has 0 saturated carbocycles. The monoisotopic (exact) mass is 755 g/mol. The van der Waals surface area contributed by atoms with Gasteiger partial charge in [-0.05, 0) is 29.5 Å². The number of imide groups is 1. The first-order chi connectivity index (χ1) is 26.9. The van der Waals surface area contributed by atoms with Crippen molar-refractivity contribution in [2.24, 2.45) is 0 Å². The lowest BCUT2D eigenvalue weighted by atomic mass is 10.0. The van der Waals surface area contributed by atoms with Gasteiger partial charge >= 0.3 is 18.3 Å². The highest BCUT2D eigenvalue weighted by Gasteiger charge is 2.47. The minimum absolute atomic E-state index is 0.0659. The van der Waals surface area contributed by atoms with Crippen LogP contribution < -0.4 is 5.43 Å². The predicted molar refractivity (Wildman–Crippen MR) is 209 cm³/mol. The number of nitrogens with zero attached hydrogens (tertiary/aromatic N) is 2. The van der Waals surface area contributed by atoms with Crippen LogP contribution in [0, 0.1) is 0 Å². The number of carbonyl (C=O) groups excluding carboxylic acids is 5. The quantitative estimate of drug-likeness (QED) is 0.0438. The van der Waals surface area contributed by atoms with E-state index in [0.717, 1.165) is 36.1 Å². The average molecular weight is 756 g/mol. The van der Waals surface area contributed by atoms with Crippen molar-refractivity contribution in [2.45, 2.75) is 129 Å². The first kappa shape index (κ1) is 42.6. The molecule has 0 spiro atoms. The number of hydrogen-bond donors (Lipinski definition) is 1. The van der Waals surface area contributed by atoms with Gasteiger partial charge in [-0.15, -0.1) is 0 Å². The lowest BCUT2D eigenvalue weighted by Gasteiger charge is -2.31. The van der Waals surface area contributed by atoms with Crippen LogP contribution in [-0.4, -0.2) is 58.6 Å². The Bertz CT molecular complexity index is 1600. The maximum atomic E-state index is 14.5. The van der Waals surface area contributed by atoms with Crippen molar-refractivity contribution >= 4 is 30.0 Å². The van der Waals surface area contributed by atoms with Crippen molar-refractivity contribution in [3.05, 3.63) is 108 Å². The smallest absolute Gasteiger partial charge is 0.430 e. The molecule has 1 fully saturated rings. The van der Waals surface area contributed by atoms with E-state index in [9.17, 15) is 24.0 Å². The second-order valence-electron chi connectivity index (χ2n) is 14.1. The number of unbranched alkanes of at least 4 members (excludes halogenated alkanes) is 12. The number of carbonyl (C=O) groups is 5. The van der Waals surface area contributed by atoms with Gasteiger partial charge in [0, 0.05) is 6.42 Å². The molecular weight excluding hydrogens is 698 g/mol. The van der Waals surface area contributed by atoms with E-state index in [2.05, 4.69) is 12.3 Å². The van der Waals surface area contributed by atoms with Crippen molar-refractivity contribution in [3.8, 4) is 0 Å². The number of hydrogen-bond acceptors (Lipinski definition) is 8. The fraction of sp³-hybridized carbons (Fsp3) is 0.477. The standard InChI is InChI=1S/C44H57N3O8/c1-2-3-4-5-6-7-8-9-10-11-12-13-23-30-39(48)40(41(49)46-38(34-55-43(46)51)31-35-24-17-14-18-25-35)47(44(52)54-33-37-28-21-16-22-29-37)45-42(50)53-32-36-26-19-15-20-27-36/h14-22,24-29,38,40H,2-13,23,30-34H2,1H3,(H,45,50)/t38-,40+/m0/s1. The van der Waals surface area contributed by atoms with Crippen molar-refractivity contribution < 1.29 is 38.2 Å². The fourth-order valence-corrected chi connectivity index (χ4v) is 6.60. The molecule has 1 aliphatic heterocycles. The molecule has 0 aliphatic carbocycles. The summed E-state index contributed by atoms with van der Waals surface area (Å²) in [6.45, 7) is 1.80. The maximum absolute atomic E-state index is 14.5. The Morgan fingerprint density at radius 2 is 1.16 bits per heavy atom. The van der Waals surface area contributed by atoms with Gasteiger partial charge in [-0.2, -0.15) is 5.01 Å². The lowest BCUT2D eigenvalue weighted by Crippen LogP contribution is -2.62. The Balaban J connectivity index is 1.47. The molecule has 2 atom stereocenters. The number of amides is 4. The van der Waals surface area contributed by atoms with Crippen LogP contribution in [0.25, 0.3) is 0 Å². The summed E-state index contributed by atoms with van der Waals surface area (Å²) in [5.41, 5.74) is 4.50. The van der Waals surface area contributed by atoms with Gasteiger partial charge in [-0.3, -0.25) is 9.59 Å². The second kappa shape index (κ2) is 24.3. The van der Waals surface area contributed by atoms with Crippen LogP contribution in [0.3, 0.4) is 0 Å². The number of nitrogens with one attached hydrogen (secondary N) is 1. The Morgan fingerprint density at radius 1 is 0.691 bits per heavy atom. The van der Waals surface area contributed by atoms with Gasteiger partial charge in [-0.25, -0.2) is 24.7 Å². The molecule has 0 unspecified atom stereocenters. The molecule has 4 amide bonds. The summed E-state index contributed by atoms with van der Waals surface area (Å²) in [6.07, 6.45) is 11.5. The normalized spacial score (nSPS) is 14.2. The highest BCUT2D eigenvalue weighted by molar-refractivity contribution is 6.11. The van der Waals surface area contributed by atoms with Gasteiger partial charge in [0.1, 0.15) is 19.8 Å². The molecular formula is C44H57N3O8. The molecule has 3 aromatic carbocycles. The number of ether oxygens (including phenoxy) is 3. The van der Waals surface area contributed by atoms with Crippen molar-refractivity contribution in [2.75, 3.05) is 6.61 Å². The van der Waals surface area contributed by atoms with E-state index in [1.165, 1.54) is 51.4 Å². The first-order valence-electron chi connectivity index (χ1n) is 19.9. The zero-order chi connectivity index (χ0) is 39.1. The van der Waals surface area contributed by atoms with Crippen LogP contribution in [0.1, 0.15) is 114 Å².